The zero-order valence-corrected chi connectivity index (χ0v) is 12.2. The molecule has 6 heteroatoms. The first kappa shape index (κ1) is 13.7. The number of carbonyl (C=O) groups excluding carboxylic acids is 2. The maximum absolute atomic E-state index is 12.0. The van der Waals surface area contributed by atoms with Crippen molar-refractivity contribution in [1.82, 2.24) is 5.32 Å². The quantitative estimate of drug-likeness (QED) is 0.884. The molecular formula is C15H19N3O3. The van der Waals surface area contributed by atoms with Crippen LogP contribution in [-0.4, -0.2) is 37.2 Å². The van der Waals surface area contributed by atoms with Crippen LogP contribution < -0.4 is 15.5 Å². The van der Waals surface area contributed by atoms with Crippen LogP contribution in [0.3, 0.4) is 0 Å². The van der Waals surface area contributed by atoms with Gasteiger partial charge in [-0.05, 0) is 37.1 Å². The summed E-state index contributed by atoms with van der Waals surface area (Å²) in [7, 11) is 0. The van der Waals surface area contributed by atoms with E-state index in [0.29, 0.717) is 19.1 Å². The summed E-state index contributed by atoms with van der Waals surface area (Å²) in [5.41, 5.74) is 3.20. The molecule has 0 spiro atoms. The van der Waals surface area contributed by atoms with Crippen LogP contribution >= 0.6 is 0 Å². The van der Waals surface area contributed by atoms with Crippen LogP contribution in [0.5, 0.6) is 0 Å². The molecule has 3 rings (SSSR count). The van der Waals surface area contributed by atoms with Crippen molar-refractivity contribution in [2.45, 2.75) is 32.4 Å². The first-order valence-electron chi connectivity index (χ1n) is 7.15. The molecule has 2 N–H and O–H groups in total. The van der Waals surface area contributed by atoms with Crippen LogP contribution in [0.4, 0.5) is 16.2 Å². The highest BCUT2D eigenvalue weighted by Gasteiger charge is 2.33. The fraction of sp³-hybridized carbons (Fsp3) is 0.467. The smallest absolute Gasteiger partial charge is 0.414 e. The minimum absolute atomic E-state index is 0.123. The van der Waals surface area contributed by atoms with Crippen LogP contribution in [-0.2, 0) is 16.0 Å². The Morgan fingerprint density at radius 1 is 1.52 bits per heavy atom. The molecular weight excluding hydrogens is 270 g/mol. The maximum atomic E-state index is 12.0. The van der Waals surface area contributed by atoms with Gasteiger partial charge < -0.3 is 15.4 Å². The number of amides is 2. The third-order valence-electron chi connectivity index (χ3n) is 3.78. The van der Waals surface area contributed by atoms with Crippen LogP contribution in [0.1, 0.15) is 19.4 Å². The molecule has 2 amide bonds. The lowest BCUT2D eigenvalue weighted by atomic mass is 10.1. The molecule has 21 heavy (non-hydrogen) atoms. The molecule has 1 fully saturated rings. The van der Waals surface area contributed by atoms with Gasteiger partial charge in [0, 0.05) is 24.3 Å². The molecule has 2 atom stereocenters. The highest BCUT2D eigenvalue weighted by atomic mass is 16.6. The second-order valence-corrected chi connectivity index (χ2v) is 5.64. The van der Waals surface area contributed by atoms with Gasteiger partial charge in [0.15, 0.2) is 0 Å². The number of anilines is 2. The number of carbonyl (C=O) groups is 2. The van der Waals surface area contributed by atoms with Gasteiger partial charge in [-0.3, -0.25) is 9.69 Å². The molecule has 1 aromatic rings. The SMILES string of the molecule is CC(=O)NC[C@H]1CN(c2ccc3c(c2)C[C@@H](C)N3)C(=O)O1. The van der Waals surface area contributed by atoms with Crippen molar-refractivity contribution in [3.8, 4) is 0 Å². The number of nitrogens with zero attached hydrogens (tertiary/aromatic N) is 1. The molecule has 112 valence electrons. The third kappa shape index (κ3) is 2.79. The number of cyclic esters (lactones) is 1. The van der Waals surface area contributed by atoms with Crippen molar-refractivity contribution < 1.29 is 14.3 Å². The molecule has 6 nitrogen and oxygen atoms in total. The monoisotopic (exact) mass is 289 g/mol. The molecule has 0 saturated carbocycles. The molecule has 2 heterocycles. The Kier molecular flexibility index (Phi) is 3.45. The molecule has 1 saturated heterocycles. The highest BCUT2D eigenvalue weighted by molar-refractivity contribution is 5.90. The number of hydrogen-bond acceptors (Lipinski definition) is 4. The zero-order chi connectivity index (χ0) is 15.0. The average Bonchev–Trinajstić information content (AvgIpc) is 2.97. The highest BCUT2D eigenvalue weighted by Crippen LogP contribution is 2.31. The summed E-state index contributed by atoms with van der Waals surface area (Å²) in [5.74, 6) is -0.123. The summed E-state index contributed by atoms with van der Waals surface area (Å²) in [5, 5.41) is 6.06. The minimum atomic E-state index is -0.357. The van der Waals surface area contributed by atoms with E-state index in [1.54, 1.807) is 4.90 Å². The Bertz CT molecular complexity index is 588. The third-order valence-corrected chi connectivity index (χ3v) is 3.78. The molecule has 0 bridgehead atoms. The zero-order valence-electron chi connectivity index (χ0n) is 12.2. The van der Waals surface area contributed by atoms with E-state index in [1.165, 1.54) is 12.5 Å². The van der Waals surface area contributed by atoms with E-state index < -0.39 is 0 Å². The second-order valence-electron chi connectivity index (χ2n) is 5.64. The largest absolute Gasteiger partial charge is 0.442 e. The van der Waals surface area contributed by atoms with Gasteiger partial charge in [0.2, 0.25) is 5.91 Å². The summed E-state index contributed by atoms with van der Waals surface area (Å²) < 4.78 is 5.28. The van der Waals surface area contributed by atoms with Gasteiger partial charge in [0.1, 0.15) is 6.10 Å². The fourth-order valence-corrected chi connectivity index (χ4v) is 2.80. The number of hydrogen-bond donors (Lipinski definition) is 2. The number of nitrogens with one attached hydrogen (secondary N) is 2. The molecule has 0 radical (unpaired) electrons. The lowest BCUT2D eigenvalue weighted by Crippen LogP contribution is -2.33. The summed E-state index contributed by atoms with van der Waals surface area (Å²) in [6.45, 7) is 4.39. The van der Waals surface area contributed by atoms with Crippen molar-refractivity contribution in [2.75, 3.05) is 23.3 Å². The van der Waals surface area contributed by atoms with Crippen LogP contribution in [0.2, 0.25) is 0 Å². The second kappa shape index (κ2) is 5.27. The van der Waals surface area contributed by atoms with E-state index in [4.69, 9.17) is 4.74 Å². The van der Waals surface area contributed by atoms with Crippen molar-refractivity contribution in [3.05, 3.63) is 23.8 Å². The maximum Gasteiger partial charge on any atom is 0.414 e. The van der Waals surface area contributed by atoms with Crippen molar-refractivity contribution in [2.24, 2.45) is 0 Å². The van der Waals surface area contributed by atoms with Gasteiger partial charge in [-0.1, -0.05) is 0 Å². The first-order chi connectivity index (χ1) is 10.0. The van der Waals surface area contributed by atoms with Crippen molar-refractivity contribution >= 4 is 23.4 Å². The number of fused-ring (bicyclic) bond motifs is 1. The predicted octanol–water partition coefficient (Wildman–Crippen LogP) is 1.50. The first-order valence-corrected chi connectivity index (χ1v) is 7.15. The lowest BCUT2D eigenvalue weighted by molar-refractivity contribution is -0.119. The standard InChI is InChI=1S/C15H19N3O3/c1-9-5-11-6-12(3-4-14(11)17-9)18-8-13(21-15(18)20)7-16-10(2)19/h3-4,6,9,13,17H,5,7-8H2,1-2H3,(H,16,19)/t9-,13+/m1/s1. The Morgan fingerprint density at radius 2 is 2.33 bits per heavy atom. The predicted molar refractivity (Wildman–Crippen MR) is 79.5 cm³/mol. The van der Waals surface area contributed by atoms with E-state index in [2.05, 4.69) is 17.6 Å². The number of ether oxygens (including phenoxy) is 1. The van der Waals surface area contributed by atoms with E-state index >= 15 is 0 Å². The number of rotatable bonds is 3. The Labute approximate surface area is 123 Å². The Morgan fingerprint density at radius 3 is 3.10 bits per heavy atom. The van der Waals surface area contributed by atoms with Crippen molar-refractivity contribution in [1.29, 1.82) is 0 Å². The normalized spacial score (nSPS) is 23.5. The van der Waals surface area contributed by atoms with Crippen molar-refractivity contribution in [3.63, 3.8) is 0 Å². The topological polar surface area (TPSA) is 70.7 Å². The summed E-state index contributed by atoms with van der Waals surface area (Å²) in [4.78, 5) is 24.5. The fourth-order valence-electron chi connectivity index (χ4n) is 2.80. The van der Waals surface area contributed by atoms with E-state index in [1.807, 2.05) is 18.2 Å². The molecule has 0 unspecified atom stereocenters. The molecule has 1 aromatic carbocycles. The molecule has 2 aliphatic rings. The van der Waals surface area contributed by atoms with Gasteiger partial charge >= 0.3 is 6.09 Å². The van der Waals surface area contributed by atoms with Gasteiger partial charge in [0.05, 0.1) is 13.1 Å². The van der Waals surface area contributed by atoms with Crippen LogP contribution in [0, 0.1) is 0 Å². The van der Waals surface area contributed by atoms with E-state index in [0.717, 1.165) is 17.8 Å². The average molecular weight is 289 g/mol. The molecule has 0 aromatic heterocycles. The summed E-state index contributed by atoms with van der Waals surface area (Å²) in [6, 6.07) is 6.39. The van der Waals surface area contributed by atoms with Crippen LogP contribution in [0.25, 0.3) is 0 Å². The van der Waals surface area contributed by atoms with E-state index in [-0.39, 0.29) is 18.1 Å². The minimum Gasteiger partial charge on any atom is -0.442 e. The van der Waals surface area contributed by atoms with Gasteiger partial charge in [-0.15, -0.1) is 0 Å². The van der Waals surface area contributed by atoms with Gasteiger partial charge in [-0.25, -0.2) is 4.79 Å². The molecule has 0 aliphatic carbocycles. The molecule has 2 aliphatic heterocycles. The Balaban J connectivity index is 1.71. The Hall–Kier alpha value is -2.24. The van der Waals surface area contributed by atoms with Gasteiger partial charge in [-0.2, -0.15) is 0 Å². The number of benzene rings is 1. The van der Waals surface area contributed by atoms with Gasteiger partial charge in [0.25, 0.3) is 0 Å². The lowest BCUT2D eigenvalue weighted by Gasteiger charge is -2.14. The summed E-state index contributed by atoms with van der Waals surface area (Å²) >= 11 is 0. The summed E-state index contributed by atoms with van der Waals surface area (Å²) in [6.07, 6.45) is 0.303. The van der Waals surface area contributed by atoms with Crippen LogP contribution in [0.15, 0.2) is 18.2 Å². The van der Waals surface area contributed by atoms with E-state index in [9.17, 15) is 9.59 Å².